The van der Waals surface area contributed by atoms with Crippen molar-refractivity contribution >= 4 is 5.91 Å². The summed E-state index contributed by atoms with van der Waals surface area (Å²) in [5.41, 5.74) is 2.11. The Labute approximate surface area is 148 Å². The van der Waals surface area contributed by atoms with E-state index in [1.54, 1.807) is 19.2 Å². The third kappa shape index (κ3) is 3.68. The number of carbonyl (C=O) groups is 1. The van der Waals surface area contributed by atoms with Gasteiger partial charge < -0.3 is 9.64 Å². The number of amides is 1. The fourth-order valence-electron chi connectivity index (χ4n) is 3.46. The molecule has 2 aromatic rings. The van der Waals surface area contributed by atoms with E-state index in [9.17, 15) is 9.18 Å². The number of hydrogen-bond acceptors (Lipinski definition) is 2. The summed E-state index contributed by atoms with van der Waals surface area (Å²) < 4.78 is 18.4. The van der Waals surface area contributed by atoms with Gasteiger partial charge in [-0.1, -0.05) is 24.3 Å². The van der Waals surface area contributed by atoms with Crippen LogP contribution in [0.1, 0.15) is 43.4 Å². The molecule has 1 saturated carbocycles. The smallest absolute Gasteiger partial charge is 0.226 e. The molecule has 1 fully saturated rings. The number of methoxy groups -OCH3 is 1. The lowest BCUT2D eigenvalue weighted by molar-refractivity contribution is -0.134. The molecule has 0 aromatic heterocycles. The number of rotatable bonds is 6. The molecule has 4 heteroatoms. The number of ether oxygens (including phenoxy) is 1. The normalized spacial score (nSPS) is 20.0. The molecule has 132 valence electrons. The quantitative estimate of drug-likeness (QED) is 0.771. The van der Waals surface area contributed by atoms with Gasteiger partial charge in [-0.15, -0.1) is 0 Å². The van der Waals surface area contributed by atoms with Crippen LogP contribution in [0.25, 0.3) is 0 Å². The topological polar surface area (TPSA) is 29.5 Å². The van der Waals surface area contributed by atoms with Crippen LogP contribution in [0.5, 0.6) is 5.75 Å². The van der Waals surface area contributed by atoms with E-state index in [1.165, 1.54) is 12.1 Å². The van der Waals surface area contributed by atoms with Crippen LogP contribution in [0.4, 0.5) is 4.39 Å². The van der Waals surface area contributed by atoms with Crippen molar-refractivity contribution in [2.45, 2.75) is 32.2 Å². The van der Waals surface area contributed by atoms with Crippen LogP contribution in [0.15, 0.2) is 48.5 Å². The maximum Gasteiger partial charge on any atom is 0.226 e. The highest BCUT2D eigenvalue weighted by Gasteiger charge is 2.46. The number of benzene rings is 2. The summed E-state index contributed by atoms with van der Waals surface area (Å²) in [4.78, 5) is 14.9. The predicted molar refractivity (Wildman–Crippen MR) is 96.0 cm³/mol. The lowest BCUT2D eigenvalue weighted by atomic mass is 10.0. The monoisotopic (exact) mass is 341 g/mol. The average Bonchev–Trinajstić information content (AvgIpc) is 3.43. The minimum Gasteiger partial charge on any atom is -0.497 e. The van der Waals surface area contributed by atoms with Crippen molar-refractivity contribution in [1.82, 2.24) is 4.90 Å². The van der Waals surface area contributed by atoms with Crippen molar-refractivity contribution in [3.05, 3.63) is 65.5 Å². The van der Waals surface area contributed by atoms with Gasteiger partial charge in [0, 0.05) is 12.5 Å². The van der Waals surface area contributed by atoms with E-state index in [-0.39, 0.29) is 29.6 Å². The minimum atomic E-state index is -0.242. The first-order valence-electron chi connectivity index (χ1n) is 8.75. The van der Waals surface area contributed by atoms with Gasteiger partial charge in [0.25, 0.3) is 0 Å². The van der Waals surface area contributed by atoms with Crippen LogP contribution < -0.4 is 4.74 Å². The van der Waals surface area contributed by atoms with Crippen LogP contribution in [-0.2, 0) is 4.79 Å². The fourth-order valence-corrected chi connectivity index (χ4v) is 3.46. The largest absolute Gasteiger partial charge is 0.497 e. The van der Waals surface area contributed by atoms with Crippen molar-refractivity contribution in [2.24, 2.45) is 5.92 Å². The molecular formula is C21H24FNO2. The highest BCUT2D eigenvalue weighted by Crippen LogP contribution is 2.49. The van der Waals surface area contributed by atoms with E-state index < -0.39 is 0 Å². The van der Waals surface area contributed by atoms with Gasteiger partial charge in [-0.05, 0) is 61.6 Å². The molecule has 0 N–H and O–H groups in total. The maximum atomic E-state index is 13.1. The molecular weight excluding hydrogens is 317 g/mol. The molecule has 1 aliphatic carbocycles. The lowest BCUT2D eigenvalue weighted by Gasteiger charge is -2.29. The van der Waals surface area contributed by atoms with Crippen LogP contribution >= 0.6 is 0 Å². The molecule has 2 aromatic carbocycles. The Morgan fingerprint density at radius 1 is 1.28 bits per heavy atom. The van der Waals surface area contributed by atoms with Crippen LogP contribution in [0.2, 0.25) is 0 Å². The summed E-state index contributed by atoms with van der Waals surface area (Å²) in [5.74, 6) is 0.933. The van der Waals surface area contributed by atoms with Crippen molar-refractivity contribution in [2.75, 3.05) is 13.7 Å². The predicted octanol–water partition coefficient (Wildman–Crippen LogP) is 4.55. The number of halogens is 1. The molecule has 25 heavy (non-hydrogen) atoms. The molecule has 0 heterocycles. The third-order valence-electron chi connectivity index (χ3n) is 5.07. The fraction of sp³-hybridized carbons (Fsp3) is 0.381. The van der Waals surface area contributed by atoms with Crippen LogP contribution in [0.3, 0.4) is 0 Å². The number of hydrogen-bond donors (Lipinski definition) is 0. The second-order valence-corrected chi connectivity index (χ2v) is 6.58. The molecule has 1 aliphatic rings. The Bertz CT molecular complexity index is 744. The molecule has 0 spiro atoms. The second kappa shape index (κ2) is 7.26. The van der Waals surface area contributed by atoms with Crippen LogP contribution in [-0.4, -0.2) is 24.5 Å². The van der Waals surface area contributed by atoms with Gasteiger partial charge in [0.1, 0.15) is 11.6 Å². The summed E-state index contributed by atoms with van der Waals surface area (Å²) in [6.07, 6.45) is 0.839. The Morgan fingerprint density at radius 2 is 2.00 bits per heavy atom. The summed E-state index contributed by atoms with van der Waals surface area (Å²) in [5, 5.41) is 0. The van der Waals surface area contributed by atoms with Crippen molar-refractivity contribution < 1.29 is 13.9 Å². The zero-order valence-electron chi connectivity index (χ0n) is 14.9. The standard InChI is InChI=1S/C21H24FNO2/c1-4-23(14(2)16-6-5-7-18(12-16)25-3)21(24)20-13-19(20)15-8-10-17(22)11-9-15/h5-12,14,19-20H,4,13H2,1-3H3. The van der Waals surface area contributed by atoms with E-state index >= 15 is 0 Å². The summed E-state index contributed by atoms with van der Waals surface area (Å²) in [7, 11) is 1.64. The lowest BCUT2D eigenvalue weighted by Crippen LogP contribution is -2.34. The van der Waals surface area contributed by atoms with Gasteiger partial charge in [-0.25, -0.2) is 4.39 Å². The Morgan fingerprint density at radius 3 is 2.64 bits per heavy atom. The van der Waals surface area contributed by atoms with E-state index in [0.717, 1.165) is 23.3 Å². The first-order chi connectivity index (χ1) is 12.0. The molecule has 0 bridgehead atoms. The third-order valence-corrected chi connectivity index (χ3v) is 5.07. The van der Waals surface area contributed by atoms with Gasteiger partial charge >= 0.3 is 0 Å². The molecule has 3 atom stereocenters. The van der Waals surface area contributed by atoms with Gasteiger partial charge in [-0.3, -0.25) is 4.79 Å². The molecule has 0 saturated heterocycles. The Balaban J connectivity index is 1.72. The van der Waals surface area contributed by atoms with Crippen LogP contribution in [0, 0.1) is 11.7 Å². The summed E-state index contributed by atoms with van der Waals surface area (Å²) in [6, 6.07) is 14.3. The summed E-state index contributed by atoms with van der Waals surface area (Å²) >= 11 is 0. The van der Waals surface area contributed by atoms with Gasteiger partial charge in [-0.2, -0.15) is 0 Å². The first-order valence-corrected chi connectivity index (χ1v) is 8.75. The molecule has 3 nitrogen and oxygen atoms in total. The molecule has 1 amide bonds. The highest BCUT2D eigenvalue weighted by atomic mass is 19.1. The van der Waals surface area contributed by atoms with Gasteiger partial charge in [0.2, 0.25) is 5.91 Å². The highest BCUT2D eigenvalue weighted by molar-refractivity contribution is 5.83. The zero-order chi connectivity index (χ0) is 18.0. The van der Waals surface area contributed by atoms with Crippen molar-refractivity contribution in [3.63, 3.8) is 0 Å². The molecule has 3 unspecified atom stereocenters. The first kappa shape index (κ1) is 17.5. The molecule has 3 rings (SSSR count). The van der Waals surface area contributed by atoms with Crippen molar-refractivity contribution in [1.29, 1.82) is 0 Å². The SMILES string of the molecule is CCN(C(=O)C1CC1c1ccc(F)cc1)C(C)c1cccc(OC)c1. The number of nitrogens with zero attached hydrogens (tertiary/aromatic N) is 1. The molecule has 0 aliphatic heterocycles. The Kier molecular flexibility index (Phi) is 5.07. The second-order valence-electron chi connectivity index (χ2n) is 6.58. The van der Waals surface area contributed by atoms with E-state index in [4.69, 9.17) is 4.74 Å². The summed E-state index contributed by atoms with van der Waals surface area (Å²) in [6.45, 7) is 4.71. The number of carbonyl (C=O) groups excluding carboxylic acids is 1. The van der Waals surface area contributed by atoms with E-state index in [2.05, 4.69) is 0 Å². The Hall–Kier alpha value is -2.36. The molecule has 0 radical (unpaired) electrons. The van der Waals surface area contributed by atoms with E-state index in [0.29, 0.717) is 6.54 Å². The maximum absolute atomic E-state index is 13.1. The average molecular weight is 341 g/mol. The van der Waals surface area contributed by atoms with Crippen molar-refractivity contribution in [3.8, 4) is 5.75 Å². The minimum absolute atomic E-state index is 0.00142. The zero-order valence-corrected chi connectivity index (χ0v) is 14.9. The van der Waals surface area contributed by atoms with Gasteiger partial charge in [0.05, 0.1) is 13.2 Å². The van der Waals surface area contributed by atoms with Gasteiger partial charge in [0.15, 0.2) is 0 Å². The van der Waals surface area contributed by atoms with E-state index in [1.807, 2.05) is 43.0 Å².